The second-order valence-electron chi connectivity index (χ2n) is 5.26. The summed E-state index contributed by atoms with van der Waals surface area (Å²) in [5, 5.41) is 0. The lowest BCUT2D eigenvalue weighted by Crippen LogP contribution is -2.20. The van der Waals surface area contributed by atoms with Gasteiger partial charge in [-0.3, -0.25) is 4.90 Å². The number of fused-ring (bicyclic) bond motifs is 1. The number of nitrogen functional groups attached to an aromatic ring is 1. The van der Waals surface area contributed by atoms with E-state index < -0.39 is 0 Å². The van der Waals surface area contributed by atoms with Gasteiger partial charge in [0, 0.05) is 11.8 Å². The molecule has 2 N–H and O–H groups in total. The van der Waals surface area contributed by atoms with Crippen molar-refractivity contribution < 1.29 is 4.42 Å². The van der Waals surface area contributed by atoms with Crippen LogP contribution in [0.3, 0.4) is 0 Å². The van der Waals surface area contributed by atoms with Crippen molar-refractivity contribution in [3.05, 3.63) is 24.1 Å². The normalized spacial score (nSPS) is 11.8. The zero-order valence-electron chi connectivity index (χ0n) is 11.3. The smallest absolute Gasteiger partial charge is 0.209 e. The van der Waals surface area contributed by atoms with Gasteiger partial charge in [-0.15, -0.1) is 0 Å². The first kappa shape index (κ1) is 12.9. The molecule has 0 fully saturated rings. The molecular formula is C14H21N3O. The Hall–Kier alpha value is -1.55. The largest absolute Gasteiger partial charge is 0.439 e. The monoisotopic (exact) mass is 247 g/mol. The topological polar surface area (TPSA) is 55.3 Å². The van der Waals surface area contributed by atoms with Gasteiger partial charge in [-0.1, -0.05) is 13.8 Å². The van der Waals surface area contributed by atoms with Crippen molar-refractivity contribution in [2.45, 2.75) is 26.8 Å². The fourth-order valence-electron chi connectivity index (χ4n) is 1.85. The maximum atomic E-state index is 5.72. The van der Waals surface area contributed by atoms with Crippen LogP contribution in [0.2, 0.25) is 0 Å². The Morgan fingerprint density at radius 3 is 2.89 bits per heavy atom. The van der Waals surface area contributed by atoms with Crippen LogP contribution in [-0.4, -0.2) is 23.5 Å². The molecule has 0 radical (unpaired) electrons. The first-order valence-corrected chi connectivity index (χ1v) is 6.38. The SMILES string of the molecule is CC(C)CCN(C)Cc1nc2ccc(N)cc2o1. The molecule has 2 aromatic rings. The summed E-state index contributed by atoms with van der Waals surface area (Å²) in [4.78, 5) is 6.69. The summed E-state index contributed by atoms with van der Waals surface area (Å²) in [6.45, 7) is 6.26. The number of benzene rings is 1. The van der Waals surface area contributed by atoms with E-state index in [0.717, 1.165) is 36.0 Å². The maximum Gasteiger partial charge on any atom is 0.209 e. The summed E-state index contributed by atoms with van der Waals surface area (Å²) < 4.78 is 5.69. The third-order valence-electron chi connectivity index (χ3n) is 2.95. The van der Waals surface area contributed by atoms with Crippen LogP contribution in [0.4, 0.5) is 5.69 Å². The Morgan fingerprint density at radius 1 is 1.39 bits per heavy atom. The van der Waals surface area contributed by atoms with Crippen molar-refractivity contribution in [2.75, 3.05) is 19.3 Å². The molecule has 1 aromatic heterocycles. The predicted molar refractivity (Wildman–Crippen MR) is 74.2 cm³/mol. The van der Waals surface area contributed by atoms with Crippen molar-refractivity contribution in [3.8, 4) is 0 Å². The molecule has 0 aliphatic rings. The van der Waals surface area contributed by atoms with Gasteiger partial charge in [0.1, 0.15) is 5.52 Å². The minimum absolute atomic E-state index is 0.707. The molecule has 0 unspecified atom stereocenters. The standard InChI is InChI=1S/C14H21N3O/c1-10(2)6-7-17(3)9-14-16-12-5-4-11(15)8-13(12)18-14/h4-5,8,10H,6-7,9,15H2,1-3H3. The van der Waals surface area contributed by atoms with E-state index in [1.807, 2.05) is 18.2 Å². The maximum absolute atomic E-state index is 5.72. The van der Waals surface area contributed by atoms with E-state index in [-0.39, 0.29) is 0 Å². The molecule has 98 valence electrons. The highest BCUT2D eigenvalue weighted by molar-refractivity contribution is 5.76. The first-order chi connectivity index (χ1) is 8.54. The number of nitrogens with zero attached hydrogens (tertiary/aromatic N) is 2. The number of hydrogen-bond acceptors (Lipinski definition) is 4. The molecule has 0 saturated carbocycles. The van der Waals surface area contributed by atoms with Crippen molar-refractivity contribution >= 4 is 16.8 Å². The Kier molecular flexibility index (Phi) is 3.87. The van der Waals surface area contributed by atoms with Gasteiger partial charge in [0.25, 0.3) is 0 Å². The quantitative estimate of drug-likeness (QED) is 0.825. The van der Waals surface area contributed by atoms with E-state index >= 15 is 0 Å². The third-order valence-corrected chi connectivity index (χ3v) is 2.95. The number of hydrogen-bond donors (Lipinski definition) is 1. The molecule has 1 aromatic carbocycles. The summed E-state index contributed by atoms with van der Waals surface area (Å²) in [6.07, 6.45) is 1.18. The summed E-state index contributed by atoms with van der Waals surface area (Å²) in [5.74, 6) is 1.47. The second kappa shape index (κ2) is 5.40. The molecular weight excluding hydrogens is 226 g/mol. The Morgan fingerprint density at radius 2 is 2.17 bits per heavy atom. The Bertz CT molecular complexity index is 519. The lowest BCUT2D eigenvalue weighted by atomic mass is 10.1. The first-order valence-electron chi connectivity index (χ1n) is 6.38. The molecule has 0 atom stereocenters. The summed E-state index contributed by atoms with van der Waals surface area (Å²) in [7, 11) is 2.09. The molecule has 0 bridgehead atoms. The van der Waals surface area contributed by atoms with Gasteiger partial charge in [0.05, 0.1) is 6.54 Å². The van der Waals surface area contributed by atoms with E-state index in [4.69, 9.17) is 10.2 Å². The highest BCUT2D eigenvalue weighted by atomic mass is 16.3. The van der Waals surface area contributed by atoms with Crippen LogP contribution in [-0.2, 0) is 6.54 Å². The third kappa shape index (κ3) is 3.23. The number of anilines is 1. The zero-order chi connectivity index (χ0) is 13.1. The van der Waals surface area contributed by atoms with Crippen molar-refractivity contribution in [3.63, 3.8) is 0 Å². The van der Waals surface area contributed by atoms with Crippen LogP contribution in [0, 0.1) is 5.92 Å². The fourth-order valence-corrected chi connectivity index (χ4v) is 1.85. The van der Waals surface area contributed by atoms with E-state index in [1.165, 1.54) is 6.42 Å². The van der Waals surface area contributed by atoms with E-state index in [0.29, 0.717) is 5.69 Å². The average Bonchev–Trinajstić information content (AvgIpc) is 2.67. The Balaban J connectivity index is 2.03. The molecule has 4 heteroatoms. The minimum Gasteiger partial charge on any atom is -0.439 e. The molecule has 4 nitrogen and oxygen atoms in total. The highest BCUT2D eigenvalue weighted by Gasteiger charge is 2.09. The average molecular weight is 247 g/mol. The van der Waals surface area contributed by atoms with Gasteiger partial charge >= 0.3 is 0 Å². The van der Waals surface area contributed by atoms with E-state index in [1.54, 1.807) is 0 Å². The van der Waals surface area contributed by atoms with Crippen LogP contribution >= 0.6 is 0 Å². The van der Waals surface area contributed by atoms with Crippen molar-refractivity contribution in [2.24, 2.45) is 5.92 Å². The second-order valence-corrected chi connectivity index (χ2v) is 5.26. The van der Waals surface area contributed by atoms with Crippen LogP contribution < -0.4 is 5.73 Å². The molecule has 1 heterocycles. The number of nitrogens with two attached hydrogens (primary N) is 1. The van der Waals surface area contributed by atoms with Gasteiger partial charge < -0.3 is 10.2 Å². The highest BCUT2D eigenvalue weighted by Crippen LogP contribution is 2.19. The summed E-state index contributed by atoms with van der Waals surface area (Å²) >= 11 is 0. The molecule has 0 aliphatic heterocycles. The van der Waals surface area contributed by atoms with Gasteiger partial charge in [0.2, 0.25) is 5.89 Å². The van der Waals surface area contributed by atoms with Crippen LogP contribution in [0.5, 0.6) is 0 Å². The molecule has 2 rings (SSSR count). The Labute approximate surface area is 108 Å². The number of oxazole rings is 1. The van der Waals surface area contributed by atoms with Gasteiger partial charge in [-0.2, -0.15) is 0 Å². The van der Waals surface area contributed by atoms with Crippen LogP contribution in [0.25, 0.3) is 11.1 Å². The molecule has 0 saturated heterocycles. The molecule has 0 spiro atoms. The summed E-state index contributed by atoms with van der Waals surface area (Å²) in [5.41, 5.74) is 8.06. The van der Waals surface area contributed by atoms with Gasteiger partial charge in [-0.05, 0) is 38.1 Å². The fraction of sp³-hybridized carbons (Fsp3) is 0.500. The number of aromatic nitrogens is 1. The van der Waals surface area contributed by atoms with Crippen molar-refractivity contribution in [1.29, 1.82) is 0 Å². The number of rotatable bonds is 5. The van der Waals surface area contributed by atoms with E-state index in [2.05, 4.69) is 30.8 Å². The van der Waals surface area contributed by atoms with Crippen LogP contribution in [0.15, 0.2) is 22.6 Å². The van der Waals surface area contributed by atoms with Gasteiger partial charge in [0.15, 0.2) is 5.58 Å². The lowest BCUT2D eigenvalue weighted by Gasteiger charge is -2.15. The zero-order valence-corrected chi connectivity index (χ0v) is 11.3. The van der Waals surface area contributed by atoms with E-state index in [9.17, 15) is 0 Å². The molecule has 0 amide bonds. The van der Waals surface area contributed by atoms with Crippen LogP contribution in [0.1, 0.15) is 26.2 Å². The predicted octanol–water partition coefficient (Wildman–Crippen LogP) is 2.89. The molecule has 18 heavy (non-hydrogen) atoms. The van der Waals surface area contributed by atoms with Crippen molar-refractivity contribution in [1.82, 2.24) is 9.88 Å². The van der Waals surface area contributed by atoms with Gasteiger partial charge in [-0.25, -0.2) is 4.98 Å². The minimum atomic E-state index is 0.707. The summed E-state index contributed by atoms with van der Waals surface area (Å²) in [6, 6.07) is 5.56. The molecule has 0 aliphatic carbocycles. The lowest BCUT2D eigenvalue weighted by molar-refractivity contribution is 0.275.